The Morgan fingerprint density at radius 2 is 0.864 bits per heavy atom. The van der Waals surface area contributed by atoms with Crippen molar-refractivity contribution in [1.82, 2.24) is 0 Å². The van der Waals surface area contributed by atoms with Gasteiger partial charge in [-0.25, -0.2) is 9.59 Å². The van der Waals surface area contributed by atoms with E-state index in [4.69, 9.17) is 18.9 Å². The molecule has 2 atom stereocenters. The first-order valence-corrected chi connectivity index (χ1v) is 14.4. The van der Waals surface area contributed by atoms with Crippen molar-refractivity contribution in [1.29, 1.82) is 0 Å². The SMILES string of the molecule is C=CC(=O)OCC(O)COc1ccc(C(C)(C)c2ccc(C(C)(C)c3ccc(OCC(O)COC(=O)C=C)cc3)cc2)cc1. The minimum atomic E-state index is -0.940. The smallest absolute Gasteiger partial charge is 0.330 e. The molecule has 8 nitrogen and oxygen atoms in total. The van der Waals surface area contributed by atoms with Crippen molar-refractivity contribution >= 4 is 11.9 Å². The molecule has 3 rings (SSSR count). The van der Waals surface area contributed by atoms with Gasteiger partial charge in [0, 0.05) is 23.0 Å². The van der Waals surface area contributed by atoms with Gasteiger partial charge in [0.15, 0.2) is 0 Å². The maximum atomic E-state index is 11.1. The van der Waals surface area contributed by atoms with Crippen molar-refractivity contribution in [3.63, 3.8) is 0 Å². The fraction of sp³-hybridized carbons (Fsp3) is 0.333. The molecule has 3 aromatic rings. The van der Waals surface area contributed by atoms with Gasteiger partial charge in [-0.3, -0.25) is 0 Å². The zero-order valence-electron chi connectivity index (χ0n) is 25.8. The van der Waals surface area contributed by atoms with Gasteiger partial charge in [0.05, 0.1) is 0 Å². The number of carbonyl (C=O) groups is 2. The largest absolute Gasteiger partial charge is 0.491 e. The molecule has 0 saturated carbocycles. The Kier molecular flexibility index (Phi) is 11.9. The van der Waals surface area contributed by atoms with E-state index in [1.807, 2.05) is 48.5 Å². The summed E-state index contributed by atoms with van der Waals surface area (Å²) < 4.78 is 21.0. The molecule has 0 amide bonds. The van der Waals surface area contributed by atoms with Crippen LogP contribution in [-0.2, 0) is 29.9 Å². The summed E-state index contributed by atoms with van der Waals surface area (Å²) in [5.41, 5.74) is 3.99. The van der Waals surface area contributed by atoms with Crippen LogP contribution >= 0.6 is 0 Å². The summed E-state index contributed by atoms with van der Waals surface area (Å²) in [4.78, 5) is 22.3. The van der Waals surface area contributed by atoms with Gasteiger partial charge in [0.1, 0.15) is 50.1 Å². The molecule has 0 aliphatic carbocycles. The van der Waals surface area contributed by atoms with Gasteiger partial charge < -0.3 is 29.2 Å². The predicted octanol–water partition coefficient (Wildman–Crippen LogP) is 5.28. The second-order valence-corrected chi connectivity index (χ2v) is 11.5. The lowest BCUT2D eigenvalue weighted by atomic mass is 9.74. The molecular formula is C36H42O8. The van der Waals surface area contributed by atoms with Gasteiger partial charge in [0.25, 0.3) is 0 Å². The van der Waals surface area contributed by atoms with Crippen LogP contribution in [0, 0.1) is 0 Å². The summed E-state index contributed by atoms with van der Waals surface area (Å²) >= 11 is 0. The molecule has 2 N–H and O–H groups in total. The highest BCUT2D eigenvalue weighted by Crippen LogP contribution is 2.36. The lowest BCUT2D eigenvalue weighted by molar-refractivity contribution is -0.142. The maximum absolute atomic E-state index is 11.1. The van der Waals surface area contributed by atoms with E-state index in [1.54, 1.807) is 0 Å². The Morgan fingerprint density at radius 1 is 0.591 bits per heavy atom. The van der Waals surface area contributed by atoms with Crippen LogP contribution in [0.4, 0.5) is 0 Å². The Balaban J connectivity index is 1.60. The number of benzene rings is 3. The van der Waals surface area contributed by atoms with Crippen LogP contribution in [-0.4, -0.2) is 60.8 Å². The van der Waals surface area contributed by atoms with E-state index >= 15 is 0 Å². The first-order chi connectivity index (χ1) is 20.9. The molecule has 0 radical (unpaired) electrons. The minimum Gasteiger partial charge on any atom is -0.491 e. The number of carbonyl (C=O) groups excluding carboxylic acids is 2. The number of esters is 2. The van der Waals surface area contributed by atoms with Gasteiger partial charge in [-0.1, -0.05) is 89.4 Å². The van der Waals surface area contributed by atoms with Crippen molar-refractivity contribution in [2.24, 2.45) is 0 Å². The molecule has 0 spiro atoms. The predicted molar refractivity (Wildman–Crippen MR) is 169 cm³/mol. The monoisotopic (exact) mass is 602 g/mol. The second kappa shape index (κ2) is 15.4. The van der Waals surface area contributed by atoms with Gasteiger partial charge >= 0.3 is 11.9 Å². The number of aliphatic hydroxyl groups is 2. The van der Waals surface area contributed by atoms with Gasteiger partial charge in [-0.05, 0) is 46.5 Å². The summed E-state index contributed by atoms with van der Waals surface area (Å²) in [5, 5.41) is 19.9. The first kappa shape index (κ1) is 34.1. The summed E-state index contributed by atoms with van der Waals surface area (Å²) in [6.45, 7) is 15.0. The van der Waals surface area contributed by atoms with Crippen molar-refractivity contribution in [3.05, 3.63) is 120 Å². The average molecular weight is 603 g/mol. The summed E-state index contributed by atoms with van der Waals surface area (Å²) in [7, 11) is 0. The first-order valence-electron chi connectivity index (χ1n) is 14.4. The molecule has 44 heavy (non-hydrogen) atoms. The highest BCUT2D eigenvalue weighted by Gasteiger charge is 2.27. The van der Waals surface area contributed by atoms with E-state index in [0.29, 0.717) is 11.5 Å². The molecule has 3 aromatic carbocycles. The van der Waals surface area contributed by atoms with Crippen LogP contribution < -0.4 is 9.47 Å². The topological polar surface area (TPSA) is 112 Å². The number of rotatable bonds is 16. The number of aliphatic hydroxyl groups excluding tert-OH is 2. The van der Waals surface area contributed by atoms with Crippen molar-refractivity contribution in [2.45, 2.75) is 50.7 Å². The average Bonchev–Trinajstić information content (AvgIpc) is 3.04. The summed E-state index contributed by atoms with van der Waals surface area (Å²) in [6.07, 6.45) is 0.213. The third-order valence-electron chi connectivity index (χ3n) is 7.53. The normalized spacial score (nSPS) is 12.9. The maximum Gasteiger partial charge on any atom is 0.330 e. The van der Waals surface area contributed by atoms with Crippen molar-refractivity contribution in [2.75, 3.05) is 26.4 Å². The van der Waals surface area contributed by atoms with E-state index in [-0.39, 0.29) is 37.3 Å². The van der Waals surface area contributed by atoms with Crippen LogP contribution in [0.5, 0.6) is 11.5 Å². The third-order valence-corrected chi connectivity index (χ3v) is 7.53. The number of hydrogen-bond acceptors (Lipinski definition) is 8. The van der Waals surface area contributed by atoms with E-state index < -0.39 is 24.1 Å². The Hall–Kier alpha value is -4.40. The molecule has 0 saturated heterocycles. The van der Waals surface area contributed by atoms with E-state index in [2.05, 4.69) is 65.1 Å². The molecule has 8 heteroatoms. The van der Waals surface area contributed by atoms with Crippen LogP contribution in [0.25, 0.3) is 0 Å². The second-order valence-electron chi connectivity index (χ2n) is 11.5. The van der Waals surface area contributed by atoms with Gasteiger partial charge in [-0.2, -0.15) is 0 Å². The van der Waals surface area contributed by atoms with Gasteiger partial charge in [-0.15, -0.1) is 0 Å². The fourth-order valence-corrected chi connectivity index (χ4v) is 4.53. The Labute approximate surface area is 259 Å². The number of hydrogen-bond donors (Lipinski definition) is 2. The van der Waals surface area contributed by atoms with Crippen molar-refractivity contribution < 1.29 is 38.7 Å². The molecular weight excluding hydrogens is 560 g/mol. The molecule has 0 heterocycles. The molecule has 0 aliphatic rings. The lowest BCUT2D eigenvalue weighted by Crippen LogP contribution is -2.25. The van der Waals surface area contributed by atoms with Crippen LogP contribution in [0.15, 0.2) is 98.1 Å². The Bertz CT molecular complexity index is 1280. The third kappa shape index (κ3) is 9.30. The van der Waals surface area contributed by atoms with Crippen LogP contribution in [0.1, 0.15) is 49.9 Å². The number of ether oxygens (including phenoxy) is 4. The summed E-state index contributed by atoms with van der Waals surface area (Å²) in [5.74, 6) is 0.0387. The molecule has 0 bridgehead atoms. The summed E-state index contributed by atoms with van der Waals surface area (Å²) in [6, 6.07) is 24.1. The fourth-order valence-electron chi connectivity index (χ4n) is 4.53. The highest BCUT2D eigenvalue weighted by molar-refractivity contribution is 5.81. The standard InChI is InChI=1S/C36H42O8/c1-7-33(39)43-23-29(37)21-41-31-17-13-27(14-18-31)35(3,4)25-9-11-26(12-10-25)36(5,6)28-15-19-32(20-16-28)42-22-30(38)24-44-34(40)8-2/h7-20,29-30,37-38H,1-2,21-24H2,3-6H3. The van der Waals surface area contributed by atoms with Crippen LogP contribution in [0.3, 0.4) is 0 Å². The van der Waals surface area contributed by atoms with E-state index in [9.17, 15) is 19.8 Å². The molecule has 0 fully saturated rings. The quantitative estimate of drug-likeness (QED) is 0.168. The van der Waals surface area contributed by atoms with Crippen molar-refractivity contribution in [3.8, 4) is 11.5 Å². The van der Waals surface area contributed by atoms with E-state index in [0.717, 1.165) is 34.4 Å². The van der Waals surface area contributed by atoms with Crippen LogP contribution in [0.2, 0.25) is 0 Å². The minimum absolute atomic E-state index is 0.00168. The highest BCUT2D eigenvalue weighted by atomic mass is 16.6. The molecule has 234 valence electrons. The zero-order valence-corrected chi connectivity index (χ0v) is 25.8. The van der Waals surface area contributed by atoms with Gasteiger partial charge in [0.2, 0.25) is 0 Å². The lowest BCUT2D eigenvalue weighted by Gasteiger charge is -2.30. The zero-order chi connectivity index (χ0) is 32.3. The molecule has 0 aromatic heterocycles. The molecule has 0 aliphatic heterocycles. The van der Waals surface area contributed by atoms with E-state index in [1.165, 1.54) is 0 Å². The Morgan fingerprint density at radius 3 is 1.14 bits per heavy atom. The molecule has 2 unspecified atom stereocenters.